The molecule has 1 aliphatic rings. The summed E-state index contributed by atoms with van der Waals surface area (Å²) in [6.07, 6.45) is 5.20. The third kappa shape index (κ3) is 2.34. The first-order valence-corrected chi connectivity index (χ1v) is 7.16. The summed E-state index contributed by atoms with van der Waals surface area (Å²) in [4.78, 5) is 8.42. The maximum atomic E-state index is 5.25. The van der Waals surface area contributed by atoms with Crippen LogP contribution in [0.1, 0.15) is 6.04 Å². The van der Waals surface area contributed by atoms with Gasteiger partial charge < -0.3 is 9.84 Å². The van der Waals surface area contributed by atoms with Gasteiger partial charge in [0.15, 0.2) is 5.69 Å². The molecule has 106 valence electrons. The molecule has 3 aromatic heterocycles. The summed E-state index contributed by atoms with van der Waals surface area (Å²) < 4.78 is 7.93. The highest BCUT2D eigenvalue weighted by Crippen LogP contribution is 2.23. The number of pyridine rings is 1. The van der Waals surface area contributed by atoms with Crippen LogP contribution < -0.4 is 5.32 Å². The van der Waals surface area contributed by atoms with E-state index in [-0.39, 0.29) is 0 Å². The van der Waals surface area contributed by atoms with Crippen molar-refractivity contribution in [3.63, 3.8) is 0 Å². The Morgan fingerprint density at radius 2 is 2.24 bits per heavy atom. The molecule has 8 nitrogen and oxygen atoms in total. The van der Waals surface area contributed by atoms with E-state index in [4.69, 9.17) is 4.52 Å². The van der Waals surface area contributed by atoms with Gasteiger partial charge in [-0.15, -0.1) is 5.10 Å². The van der Waals surface area contributed by atoms with E-state index in [2.05, 4.69) is 46.7 Å². The number of rotatable bonds is 3. The van der Waals surface area contributed by atoms with E-state index in [1.807, 2.05) is 16.9 Å². The van der Waals surface area contributed by atoms with Gasteiger partial charge in [-0.2, -0.15) is 4.98 Å². The first-order valence-electron chi connectivity index (χ1n) is 6.37. The van der Waals surface area contributed by atoms with E-state index in [9.17, 15) is 0 Å². The fourth-order valence-electron chi connectivity index (χ4n) is 1.99. The van der Waals surface area contributed by atoms with Crippen molar-refractivity contribution in [1.29, 1.82) is 0 Å². The number of nitrogens with zero attached hydrogens (tertiary/aromatic N) is 6. The Labute approximate surface area is 127 Å². The largest absolute Gasteiger partial charge is 0.332 e. The van der Waals surface area contributed by atoms with E-state index in [0.29, 0.717) is 23.5 Å². The third-order valence-corrected chi connectivity index (χ3v) is 3.69. The predicted octanol–water partition coefficient (Wildman–Crippen LogP) is 1.30. The summed E-state index contributed by atoms with van der Waals surface area (Å²) in [7, 11) is 0. The lowest BCUT2D eigenvalue weighted by atomic mass is 10.2. The Kier molecular flexibility index (Phi) is 3.00. The molecule has 3 aromatic rings. The van der Waals surface area contributed by atoms with Gasteiger partial charge in [0.25, 0.3) is 5.89 Å². The van der Waals surface area contributed by atoms with Gasteiger partial charge in [-0.3, -0.25) is 4.98 Å². The van der Waals surface area contributed by atoms with Crippen molar-refractivity contribution in [2.75, 3.05) is 13.1 Å². The highest BCUT2D eigenvalue weighted by Gasteiger charge is 2.22. The van der Waals surface area contributed by atoms with Crippen LogP contribution in [0.2, 0.25) is 0 Å². The molecule has 4 rings (SSSR count). The topological polar surface area (TPSA) is 94.6 Å². The molecule has 1 saturated heterocycles. The number of hydrogen-bond acceptors (Lipinski definition) is 7. The lowest BCUT2D eigenvalue weighted by Gasteiger charge is -2.26. The summed E-state index contributed by atoms with van der Waals surface area (Å²) in [6, 6.07) is 2.22. The summed E-state index contributed by atoms with van der Waals surface area (Å²) in [5.74, 6) is 0.821. The van der Waals surface area contributed by atoms with E-state index in [1.54, 1.807) is 12.4 Å². The third-order valence-electron chi connectivity index (χ3n) is 3.25. The van der Waals surface area contributed by atoms with Crippen LogP contribution in [0, 0.1) is 0 Å². The minimum atomic E-state index is 0.350. The van der Waals surface area contributed by atoms with Crippen LogP contribution in [0.5, 0.6) is 0 Å². The maximum Gasteiger partial charge on any atom is 0.280 e. The molecule has 0 aliphatic carbocycles. The van der Waals surface area contributed by atoms with Crippen molar-refractivity contribution >= 4 is 15.9 Å². The molecule has 0 atom stereocenters. The maximum absolute atomic E-state index is 5.25. The molecule has 0 bridgehead atoms. The molecule has 0 spiro atoms. The van der Waals surface area contributed by atoms with Crippen LogP contribution in [0.4, 0.5) is 0 Å². The molecule has 21 heavy (non-hydrogen) atoms. The summed E-state index contributed by atoms with van der Waals surface area (Å²) in [6.45, 7) is 1.81. The number of aromatic nitrogens is 6. The summed E-state index contributed by atoms with van der Waals surface area (Å²) >= 11 is 3.36. The molecule has 1 fully saturated rings. The number of hydrogen-bond donors (Lipinski definition) is 1. The zero-order chi connectivity index (χ0) is 14.2. The van der Waals surface area contributed by atoms with Crippen LogP contribution in [-0.2, 0) is 0 Å². The summed E-state index contributed by atoms with van der Waals surface area (Å²) in [5, 5.41) is 15.3. The van der Waals surface area contributed by atoms with Gasteiger partial charge in [-0.25, -0.2) is 4.68 Å². The lowest BCUT2D eigenvalue weighted by Crippen LogP contribution is -2.43. The number of halogens is 1. The molecule has 0 saturated carbocycles. The Balaban J connectivity index is 1.63. The zero-order valence-electron chi connectivity index (χ0n) is 10.8. The molecular formula is C12H10BrN7O. The second kappa shape index (κ2) is 5.01. The minimum absolute atomic E-state index is 0.350. The van der Waals surface area contributed by atoms with Crippen molar-refractivity contribution in [3.8, 4) is 23.0 Å². The van der Waals surface area contributed by atoms with Gasteiger partial charge in [0, 0.05) is 35.5 Å². The second-order valence-electron chi connectivity index (χ2n) is 4.71. The minimum Gasteiger partial charge on any atom is -0.332 e. The standard InChI is InChI=1S/C12H10BrN7O/c13-8-1-7(2-14-3-8)11-16-12(21-18-11)10-6-20(19-17-10)9-4-15-5-9/h1-3,6,9,15H,4-5H2. The molecule has 0 unspecified atom stereocenters. The molecule has 4 heterocycles. The Hall–Kier alpha value is -2.13. The lowest BCUT2D eigenvalue weighted by molar-refractivity contribution is 0.313. The average molecular weight is 348 g/mol. The molecule has 9 heteroatoms. The van der Waals surface area contributed by atoms with Crippen LogP contribution >= 0.6 is 15.9 Å². The monoisotopic (exact) mass is 347 g/mol. The number of nitrogens with one attached hydrogen (secondary N) is 1. The van der Waals surface area contributed by atoms with E-state index in [1.165, 1.54) is 0 Å². The molecule has 0 radical (unpaired) electrons. The van der Waals surface area contributed by atoms with Gasteiger partial charge >= 0.3 is 0 Å². The predicted molar refractivity (Wildman–Crippen MR) is 76.2 cm³/mol. The first-order chi connectivity index (χ1) is 10.3. The molecule has 1 N–H and O–H groups in total. The van der Waals surface area contributed by atoms with E-state index < -0.39 is 0 Å². The molecule has 1 aliphatic heterocycles. The van der Waals surface area contributed by atoms with Crippen molar-refractivity contribution < 1.29 is 4.52 Å². The van der Waals surface area contributed by atoms with Crippen molar-refractivity contribution in [2.45, 2.75) is 6.04 Å². The SMILES string of the molecule is Brc1cncc(-c2noc(-c3cn(C4CNC4)nn3)n2)c1. The van der Waals surface area contributed by atoms with E-state index in [0.717, 1.165) is 23.1 Å². The fraction of sp³-hybridized carbons (Fsp3) is 0.250. The van der Waals surface area contributed by atoms with Crippen LogP contribution in [0.3, 0.4) is 0 Å². The van der Waals surface area contributed by atoms with Crippen LogP contribution in [0.15, 0.2) is 33.7 Å². The van der Waals surface area contributed by atoms with Crippen LogP contribution in [-0.4, -0.2) is 43.2 Å². The van der Waals surface area contributed by atoms with Crippen LogP contribution in [0.25, 0.3) is 23.0 Å². The second-order valence-corrected chi connectivity index (χ2v) is 5.63. The first kappa shape index (κ1) is 12.6. The highest BCUT2D eigenvalue weighted by molar-refractivity contribution is 9.10. The molecule has 0 amide bonds. The van der Waals surface area contributed by atoms with Gasteiger partial charge in [-0.1, -0.05) is 10.4 Å². The average Bonchev–Trinajstić information content (AvgIpc) is 3.05. The molecule has 0 aromatic carbocycles. The molecular weight excluding hydrogens is 338 g/mol. The fourth-order valence-corrected chi connectivity index (χ4v) is 2.36. The van der Waals surface area contributed by atoms with Crippen molar-refractivity contribution in [3.05, 3.63) is 29.1 Å². The van der Waals surface area contributed by atoms with Crippen molar-refractivity contribution in [1.82, 2.24) is 35.4 Å². The zero-order valence-corrected chi connectivity index (χ0v) is 12.4. The Bertz CT molecular complexity index is 779. The van der Waals surface area contributed by atoms with Gasteiger partial charge in [0.1, 0.15) is 0 Å². The normalized spacial score (nSPS) is 15.1. The van der Waals surface area contributed by atoms with E-state index >= 15 is 0 Å². The Morgan fingerprint density at radius 3 is 3.00 bits per heavy atom. The highest BCUT2D eigenvalue weighted by atomic mass is 79.9. The smallest absolute Gasteiger partial charge is 0.280 e. The quantitative estimate of drug-likeness (QED) is 0.762. The Morgan fingerprint density at radius 1 is 1.33 bits per heavy atom. The van der Waals surface area contributed by atoms with Gasteiger partial charge in [0.05, 0.1) is 12.2 Å². The summed E-state index contributed by atoms with van der Waals surface area (Å²) in [5.41, 5.74) is 1.35. The van der Waals surface area contributed by atoms with Gasteiger partial charge in [-0.05, 0) is 22.0 Å². The van der Waals surface area contributed by atoms with Gasteiger partial charge in [0.2, 0.25) is 5.82 Å². The van der Waals surface area contributed by atoms with Crippen molar-refractivity contribution in [2.24, 2.45) is 0 Å².